The molecule has 2 N–H and O–H groups in total. The van der Waals surface area contributed by atoms with E-state index in [1.54, 1.807) is 0 Å². The van der Waals surface area contributed by atoms with Crippen molar-refractivity contribution in [3.8, 4) is 0 Å². The van der Waals surface area contributed by atoms with E-state index in [1.807, 2.05) is 11.8 Å². The van der Waals surface area contributed by atoms with Gasteiger partial charge in [-0.15, -0.1) is 0 Å². The van der Waals surface area contributed by atoms with E-state index in [2.05, 4.69) is 84.6 Å². The van der Waals surface area contributed by atoms with Gasteiger partial charge in [-0.1, -0.05) is 59.8 Å². The van der Waals surface area contributed by atoms with Gasteiger partial charge in [-0.2, -0.15) is 0 Å². The number of anilines is 3. The minimum atomic E-state index is 0.0910. The van der Waals surface area contributed by atoms with Crippen LogP contribution in [0.1, 0.15) is 18.1 Å². The highest BCUT2D eigenvalue weighted by Gasteiger charge is 2.28. The standard InChI is InChI=1S/C23H20N2S/c1-15-13-16-7-6-10-19(17(16)14-18(15)24)25-20-8-2-4-11-22(20)26-23-12-5-3-9-21(23)25/h2-13,18H,14,24H2,1H3/t18-/m0/s1. The second-order valence-corrected chi connectivity index (χ2v) is 8.00. The topological polar surface area (TPSA) is 29.3 Å². The molecule has 128 valence electrons. The van der Waals surface area contributed by atoms with Crippen molar-refractivity contribution >= 4 is 34.9 Å². The lowest BCUT2D eigenvalue weighted by Gasteiger charge is -2.35. The Morgan fingerprint density at radius 1 is 0.846 bits per heavy atom. The first-order valence-electron chi connectivity index (χ1n) is 8.94. The second kappa shape index (κ2) is 6.04. The molecule has 0 unspecified atom stereocenters. The summed E-state index contributed by atoms with van der Waals surface area (Å²) in [6, 6.07) is 24.0. The number of hydrogen-bond acceptors (Lipinski definition) is 3. The number of nitrogens with zero attached hydrogens (tertiary/aromatic N) is 1. The maximum Gasteiger partial charge on any atom is 0.0601 e. The summed E-state index contributed by atoms with van der Waals surface area (Å²) in [6.07, 6.45) is 3.12. The van der Waals surface area contributed by atoms with Crippen LogP contribution in [0.25, 0.3) is 6.08 Å². The van der Waals surface area contributed by atoms with E-state index < -0.39 is 0 Å². The highest BCUT2D eigenvalue weighted by Crippen LogP contribution is 2.52. The van der Waals surface area contributed by atoms with Crippen molar-refractivity contribution < 1.29 is 0 Å². The van der Waals surface area contributed by atoms with Gasteiger partial charge in [0.2, 0.25) is 0 Å². The third-order valence-electron chi connectivity index (χ3n) is 5.25. The van der Waals surface area contributed by atoms with Gasteiger partial charge in [-0.3, -0.25) is 0 Å². The van der Waals surface area contributed by atoms with Crippen LogP contribution in [0.4, 0.5) is 17.1 Å². The van der Waals surface area contributed by atoms with Gasteiger partial charge in [-0.25, -0.2) is 0 Å². The molecule has 0 spiro atoms. The highest BCUT2D eigenvalue weighted by molar-refractivity contribution is 7.99. The summed E-state index contributed by atoms with van der Waals surface area (Å²) in [5.41, 5.74) is 14.0. The number of fused-ring (bicyclic) bond motifs is 3. The molecule has 3 heteroatoms. The molecule has 0 radical (unpaired) electrons. The number of rotatable bonds is 1. The van der Waals surface area contributed by atoms with Crippen molar-refractivity contribution in [3.05, 3.63) is 83.4 Å². The molecule has 2 nitrogen and oxygen atoms in total. The maximum absolute atomic E-state index is 6.39. The van der Waals surface area contributed by atoms with Crippen LogP contribution in [-0.2, 0) is 6.42 Å². The molecule has 0 amide bonds. The highest BCUT2D eigenvalue weighted by atomic mass is 32.2. The SMILES string of the molecule is CC1=Cc2cccc(N3c4ccccc4Sc4ccccc43)c2C[C@@H]1N. The van der Waals surface area contributed by atoms with E-state index >= 15 is 0 Å². The van der Waals surface area contributed by atoms with Gasteiger partial charge in [-0.05, 0) is 54.8 Å². The Morgan fingerprint density at radius 2 is 1.46 bits per heavy atom. The largest absolute Gasteiger partial charge is 0.324 e. The van der Waals surface area contributed by atoms with Crippen LogP contribution in [0, 0.1) is 0 Å². The van der Waals surface area contributed by atoms with Crippen LogP contribution in [0.5, 0.6) is 0 Å². The first-order valence-corrected chi connectivity index (χ1v) is 9.76. The van der Waals surface area contributed by atoms with Gasteiger partial charge in [0.25, 0.3) is 0 Å². The lowest BCUT2D eigenvalue weighted by molar-refractivity contribution is 0.756. The summed E-state index contributed by atoms with van der Waals surface area (Å²) in [5.74, 6) is 0. The van der Waals surface area contributed by atoms with Crippen molar-refractivity contribution in [2.24, 2.45) is 5.73 Å². The van der Waals surface area contributed by atoms with E-state index in [0.717, 1.165) is 6.42 Å². The molecule has 1 aliphatic heterocycles. The van der Waals surface area contributed by atoms with Gasteiger partial charge < -0.3 is 10.6 Å². The molecule has 0 aromatic heterocycles. The zero-order valence-electron chi connectivity index (χ0n) is 14.6. The zero-order valence-corrected chi connectivity index (χ0v) is 15.5. The van der Waals surface area contributed by atoms with Gasteiger partial charge in [0.15, 0.2) is 0 Å². The minimum Gasteiger partial charge on any atom is -0.324 e. The average molecular weight is 356 g/mol. The molecular weight excluding hydrogens is 336 g/mol. The Labute approximate surface area is 158 Å². The smallest absolute Gasteiger partial charge is 0.0601 e. The maximum atomic E-state index is 6.39. The lowest BCUT2D eigenvalue weighted by Crippen LogP contribution is -2.28. The number of hydrogen-bond donors (Lipinski definition) is 1. The van der Waals surface area contributed by atoms with E-state index in [9.17, 15) is 0 Å². The molecule has 0 bridgehead atoms. The van der Waals surface area contributed by atoms with Crippen molar-refractivity contribution in [1.29, 1.82) is 0 Å². The Morgan fingerprint density at radius 3 is 2.15 bits per heavy atom. The normalized spacial score (nSPS) is 17.8. The predicted octanol–water partition coefficient (Wildman–Crippen LogP) is 5.91. The van der Waals surface area contributed by atoms with Crippen molar-refractivity contribution in [3.63, 3.8) is 0 Å². The molecule has 0 saturated heterocycles. The number of nitrogens with two attached hydrogens (primary N) is 1. The van der Waals surface area contributed by atoms with Crippen LogP contribution >= 0.6 is 11.8 Å². The molecule has 1 heterocycles. The van der Waals surface area contributed by atoms with E-state index in [4.69, 9.17) is 5.73 Å². The molecule has 5 rings (SSSR count). The molecule has 1 aliphatic carbocycles. The third-order valence-corrected chi connectivity index (χ3v) is 6.38. The number of para-hydroxylation sites is 2. The summed E-state index contributed by atoms with van der Waals surface area (Å²) in [6.45, 7) is 2.13. The van der Waals surface area contributed by atoms with Gasteiger partial charge in [0.1, 0.15) is 0 Å². The lowest BCUT2D eigenvalue weighted by atomic mass is 9.88. The third kappa shape index (κ3) is 2.39. The van der Waals surface area contributed by atoms with Crippen molar-refractivity contribution in [2.75, 3.05) is 4.90 Å². The predicted molar refractivity (Wildman–Crippen MR) is 111 cm³/mol. The van der Waals surface area contributed by atoms with E-state index in [1.165, 1.54) is 43.6 Å². The van der Waals surface area contributed by atoms with E-state index in [-0.39, 0.29) is 6.04 Å². The number of benzene rings is 3. The Hall–Kier alpha value is -2.49. The second-order valence-electron chi connectivity index (χ2n) is 6.92. The van der Waals surface area contributed by atoms with Gasteiger partial charge in [0.05, 0.1) is 17.1 Å². The van der Waals surface area contributed by atoms with Gasteiger partial charge >= 0.3 is 0 Å². The Bertz CT molecular complexity index is 992. The molecule has 3 aromatic carbocycles. The molecule has 26 heavy (non-hydrogen) atoms. The summed E-state index contributed by atoms with van der Waals surface area (Å²) in [7, 11) is 0. The molecule has 1 atom stereocenters. The monoisotopic (exact) mass is 356 g/mol. The van der Waals surface area contributed by atoms with Crippen LogP contribution in [0.3, 0.4) is 0 Å². The van der Waals surface area contributed by atoms with Crippen molar-refractivity contribution in [2.45, 2.75) is 29.2 Å². The Balaban J connectivity index is 1.77. The van der Waals surface area contributed by atoms with E-state index in [0.29, 0.717) is 0 Å². The minimum absolute atomic E-state index is 0.0910. The molecular formula is C23H20N2S. The Kier molecular flexibility index (Phi) is 3.66. The van der Waals surface area contributed by atoms with Crippen LogP contribution in [0.2, 0.25) is 0 Å². The molecule has 0 fully saturated rings. The van der Waals surface area contributed by atoms with Crippen molar-refractivity contribution in [1.82, 2.24) is 0 Å². The summed E-state index contributed by atoms with van der Waals surface area (Å²) in [5, 5.41) is 0. The zero-order chi connectivity index (χ0) is 17.7. The first kappa shape index (κ1) is 15.7. The fourth-order valence-corrected chi connectivity index (χ4v) is 4.91. The molecule has 2 aliphatic rings. The van der Waals surface area contributed by atoms with Crippen LogP contribution < -0.4 is 10.6 Å². The average Bonchev–Trinajstić information content (AvgIpc) is 2.67. The molecule has 0 saturated carbocycles. The summed E-state index contributed by atoms with van der Waals surface area (Å²) >= 11 is 1.84. The summed E-state index contributed by atoms with van der Waals surface area (Å²) in [4.78, 5) is 4.98. The summed E-state index contributed by atoms with van der Waals surface area (Å²) < 4.78 is 0. The van der Waals surface area contributed by atoms with Crippen LogP contribution in [0.15, 0.2) is 82.1 Å². The fraction of sp³-hybridized carbons (Fsp3) is 0.130. The van der Waals surface area contributed by atoms with Crippen LogP contribution in [-0.4, -0.2) is 6.04 Å². The quantitative estimate of drug-likeness (QED) is 0.460. The first-order chi connectivity index (χ1) is 12.7. The molecule has 3 aromatic rings. The van der Waals surface area contributed by atoms with Gasteiger partial charge in [0, 0.05) is 15.8 Å². The fourth-order valence-electron chi connectivity index (χ4n) is 3.86.